The van der Waals surface area contributed by atoms with Gasteiger partial charge in [0, 0.05) is 30.5 Å². The van der Waals surface area contributed by atoms with Crippen LogP contribution in [0.2, 0.25) is 0 Å². The third kappa shape index (κ3) is 5.21. The lowest BCUT2D eigenvalue weighted by molar-refractivity contribution is -0.116. The molecular weight excluding hydrogens is 362 g/mol. The van der Waals surface area contributed by atoms with Crippen LogP contribution in [0.1, 0.15) is 35.0 Å². The summed E-state index contributed by atoms with van der Waals surface area (Å²) in [6.45, 7) is 7.61. The minimum Gasteiger partial charge on any atom is -0.377 e. The molecule has 0 saturated heterocycles. The summed E-state index contributed by atoms with van der Waals surface area (Å²) in [7, 11) is 0. The molecule has 3 aromatic rings. The highest BCUT2D eigenvalue weighted by molar-refractivity contribution is 5.92. The molecule has 1 aromatic heterocycles. The Balaban J connectivity index is 1.67. The summed E-state index contributed by atoms with van der Waals surface area (Å²) in [5.74, 6) is -0.137. The number of nitrogens with one attached hydrogen (secondary N) is 1. The highest BCUT2D eigenvalue weighted by atomic mass is 16.5. The second-order valence-corrected chi connectivity index (χ2v) is 6.79. The van der Waals surface area contributed by atoms with Crippen molar-refractivity contribution in [1.29, 1.82) is 0 Å². The minimum absolute atomic E-state index is 0.137. The van der Waals surface area contributed by atoms with E-state index in [2.05, 4.69) is 10.4 Å². The van der Waals surface area contributed by atoms with Gasteiger partial charge in [0.2, 0.25) is 5.91 Å². The van der Waals surface area contributed by atoms with Crippen molar-refractivity contribution in [2.75, 3.05) is 6.61 Å². The van der Waals surface area contributed by atoms with E-state index in [4.69, 9.17) is 4.74 Å². The number of hydrogen-bond donors (Lipinski definition) is 1. The highest BCUT2D eigenvalue weighted by Gasteiger charge is 2.11. The van der Waals surface area contributed by atoms with E-state index in [-0.39, 0.29) is 5.91 Å². The lowest BCUT2D eigenvalue weighted by atomic mass is 10.1. The number of rotatable bonds is 8. The van der Waals surface area contributed by atoms with Crippen LogP contribution in [0.4, 0.5) is 0 Å². The molecule has 0 aliphatic rings. The van der Waals surface area contributed by atoms with Crippen LogP contribution in [0, 0.1) is 13.8 Å². The van der Waals surface area contributed by atoms with Crippen molar-refractivity contribution in [3.8, 4) is 5.69 Å². The first-order chi connectivity index (χ1) is 14.1. The molecular formula is C24H27N3O2. The number of aryl methyl sites for hydroxylation is 1. The summed E-state index contributed by atoms with van der Waals surface area (Å²) in [5.41, 5.74) is 6.00. The number of nitrogens with zero attached hydrogens (tertiary/aromatic N) is 2. The second-order valence-electron chi connectivity index (χ2n) is 6.79. The number of benzene rings is 2. The van der Waals surface area contributed by atoms with E-state index >= 15 is 0 Å². The van der Waals surface area contributed by atoms with E-state index < -0.39 is 0 Å². The average Bonchev–Trinajstić information content (AvgIpc) is 3.03. The number of amides is 1. The van der Waals surface area contributed by atoms with Gasteiger partial charge in [-0.05, 0) is 50.1 Å². The summed E-state index contributed by atoms with van der Waals surface area (Å²) in [4.78, 5) is 12.4. The summed E-state index contributed by atoms with van der Waals surface area (Å²) < 4.78 is 7.40. The summed E-state index contributed by atoms with van der Waals surface area (Å²) in [6, 6.07) is 18.0. The van der Waals surface area contributed by atoms with Crippen molar-refractivity contribution in [2.24, 2.45) is 0 Å². The molecule has 0 unspecified atom stereocenters. The SMILES string of the molecule is CCOCc1ccccc1CNC(=O)/C=C/c1c(C)nn(-c2ccccc2)c1C. The monoisotopic (exact) mass is 389 g/mol. The third-order valence-corrected chi connectivity index (χ3v) is 4.78. The molecule has 1 N–H and O–H groups in total. The molecule has 0 aliphatic heterocycles. The van der Waals surface area contributed by atoms with Crippen LogP contribution in [-0.4, -0.2) is 22.3 Å². The maximum atomic E-state index is 12.4. The van der Waals surface area contributed by atoms with Gasteiger partial charge in [0.25, 0.3) is 0 Å². The molecule has 0 fully saturated rings. The Labute approximate surface area is 172 Å². The van der Waals surface area contributed by atoms with Gasteiger partial charge in [0.15, 0.2) is 0 Å². The van der Waals surface area contributed by atoms with Crippen LogP contribution in [0.5, 0.6) is 0 Å². The van der Waals surface area contributed by atoms with E-state index in [9.17, 15) is 4.79 Å². The average molecular weight is 389 g/mol. The van der Waals surface area contributed by atoms with E-state index in [0.717, 1.165) is 33.8 Å². The van der Waals surface area contributed by atoms with Gasteiger partial charge in [0.1, 0.15) is 0 Å². The number of aromatic nitrogens is 2. The van der Waals surface area contributed by atoms with Crippen LogP contribution in [-0.2, 0) is 22.7 Å². The third-order valence-electron chi connectivity index (χ3n) is 4.78. The van der Waals surface area contributed by atoms with Crippen LogP contribution in [0.15, 0.2) is 60.7 Å². The highest BCUT2D eigenvalue weighted by Crippen LogP contribution is 2.19. The van der Waals surface area contributed by atoms with Gasteiger partial charge in [0.05, 0.1) is 18.0 Å². The molecule has 3 rings (SSSR count). The van der Waals surface area contributed by atoms with Gasteiger partial charge in [-0.3, -0.25) is 4.79 Å². The largest absolute Gasteiger partial charge is 0.377 e. The zero-order valence-corrected chi connectivity index (χ0v) is 17.2. The Morgan fingerprint density at radius 3 is 2.48 bits per heavy atom. The van der Waals surface area contributed by atoms with E-state index in [1.807, 2.05) is 86.1 Å². The van der Waals surface area contributed by atoms with Gasteiger partial charge in [-0.15, -0.1) is 0 Å². The summed E-state index contributed by atoms with van der Waals surface area (Å²) >= 11 is 0. The molecule has 29 heavy (non-hydrogen) atoms. The molecule has 5 nitrogen and oxygen atoms in total. The molecule has 0 radical (unpaired) electrons. The van der Waals surface area contributed by atoms with E-state index in [1.165, 1.54) is 0 Å². The van der Waals surface area contributed by atoms with Crippen LogP contribution in [0.3, 0.4) is 0 Å². The molecule has 2 aromatic carbocycles. The standard InChI is InChI=1S/C24H27N3O2/c1-4-29-17-21-11-9-8-10-20(21)16-25-24(28)15-14-23-18(2)26-27(19(23)3)22-12-6-5-7-13-22/h5-15H,4,16-17H2,1-3H3,(H,25,28)/b15-14+. The summed E-state index contributed by atoms with van der Waals surface area (Å²) in [6.07, 6.45) is 3.40. The van der Waals surface area contributed by atoms with Crippen LogP contribution >= 0.6 is 0 Å². The molecule has 0 atom stereocenters. The minimum atomic E-state index is -0.137. The van der Waals surface area contributed by atoms with Gasteiger partial charge in [-0.25, -0.2) is 4.68 Å². The van der Waals surface area contributed by atoms with Crippen molar-refractivity contribution in [1.82, 2.24) is 15.1 Å². The zero-order valence-electron chi connectivity index (χ0n) is 17.2. The normalized spacial score (nSPS) is 11.1. The molecule has 0 saturated carbocycles. The van der Waals surface area contributed by atoms with Crippen LogP contribution < -0.4 is 5.32 Å². The molecule has 5 heteroatoms. The topological polar surface area (TPSA) is 56.1 Å². The molecule has 150 valence electrons. The quantitative estimate of drug-likeness (QED) is 0.583. The smallest absolute Gasteiger partial charge is 0.244 e. The molecule has 0 bridgehead atoms. The Morgan fingerprint density at radius 1 is 1.07 bits per heavy atom. The Hall–Kier alpha value is -3.18. The Morgan fingerprint density at radius 2 is 1.76 bits per heavy atom. The number of carbonyl (C=O) groups is 1. The maximum absolute atomic E-state index is 12.4. The second kappa shape index (κ2) is 9.85. The van der Waals surface area contributed by atoms with Crippen molar-refractivity contribution < 1.29 is 9.53 Å². The predicted octanol–water partition coefficient (Wildman–Crippen LogP) is 4.36. The van der Waals surface area contributed by atoms with Crippen molar-refractivity contribution in [2.45, 2.75) is 33.9 Å². The zero-order chi connectivity index (χ0) is 20.6. The predicted molar refractivity (Wildman–Crippen MR) is 116 cm³/mol. The molecule has 1 heterocycles. The van der Waals surface area contributed by atoms with Crippen molar-refractivity contribution in [3.63, 3.8) is 0 Å². The molecule has 0 spiro atoms. The summed E-state index contributed by atoms with van der Waals surface area (Å²) in [5, 5.41) is 7.57. The van der Waals surface area contributed by atoms with Crippen molar-refractivity contribution in [3.05, 3.63) is 88.8 Å². The number of hydrogen-bond acceptors (Lipinski definition) is 3. The van der Waals surface area contributed by atoms with Crippen molar-refractivity contribution >= 4 is 12.0 Å². The Bertz CT molecular complexity index is 991. The van der Waals surface area contributed by atoms with Gasteiger partial charge >= 0.3 is 0 Å². The first-order valence-electron chi connectivity index (χ1n) is 9.82. The molecule has 0 aliphatic carbocycles. The Kier molecular flexibility index (Phi) is 6.98. The van der Waals surface area contributed by atoms with Gasteiger partial charge < -0.3 is 10.1 Å². The number of para-hydroxylation sites is 1. The van der Waals surface area contributed by atoms with E-state index in [0.29, 0.717) is 19.8 Å². The van der Waals surface area contributed by atoms with E-state index in [1.54, 1.807) is 6.08 Å². The first kappa shape index (κ1) is 20.6. The van der Waals surface area contributed by atoms with Crippen LogP contribution in [0.25, 0.3) is 11.8 Å². The molecule has 1 amide bonds. The lowest BCUT2D eigenvalue weighted by Crippen LogP contribution is -2.21. The van der Waals surface area contributed by atoms with Gasteiger partial charge in [-0.1, -0.05) is 42.5 Å². The van der Waals surface area contributed by atoms with Gasteiger partial charge in [-0.2, -0.15) is 5.10 Å². The number of ether oxygens (including phenoxy) is 1. The fourth-order valence-corrected chi connectivity index (χ4v) is 3.20. The first-order valence-corrected chi connectivity index (χ1v) is 9.82. The number of carbonyl (C=O) groups excluding carboxylic acids is 1. The fraction of sp³-hybridized carbons (Fsp3) is 0.250. The fourth-order valence-electron chi connectivity index (χ4n) is 3.20. The lowest BCUT2D eigenvalue weighted by Gasteiger charge is -2.09. The maximum Gasteiger partial charge on any atom is 0.244 e.